The fourth-order valence-corrected chi connectivity index (χ4v) is 5.99. The van der Waals surface area contributed by atoms with Gasteiger partial charge in [-0.05, 0) is 65.9 Å². The third kappa shape index (κ3) is 4.19. The highest BCUT2D eigenvalue weighted by atomic mass is 32.2. The standard InChI is InChI=1S/C26H26FNO6S/c1-31-23-8-7-20-21(26(23)34-35(29,30)19-6-4-5-18(27)14-19)9-10-28-15-17-13-25(33-3)24(32-2)12-16(17)11-22(20)28/h4-8,12-14,22H,9-11,15H2,1-3H3. The first-order valence-electron chi connectivity index (χ1n) is 11.2. The molecule has 0 fully saturated rings. The molecule has 0 saturated heterocycles. The zero-order valence-electron chi connectivity index (χ0n) is 19.7. The van der Waals surface area contributed by atoms with Gasteiger partial charge in [-0.2, -0.15) is 8.42 Å². The van der Waals surface area contributed by atoms with Gasteiger partial charge in [-0.3, -0.25) is 4.90 Å². The van der Waals surface area contributed by atoms with Crippen LogP contribution in [0, 0.1) is 5.82 Å². The fraction of sp³-hybridized carbons (Fsp3) is 0.308. The Hall–Kier alpha value is -3.30. The summed E-state index contributed by atoms with van der Waals surface area (Å²) < 4.78 is 61.7. The van der Waals surface area contributed by atoms with Crippen LogP contribution in [0.4, 0.5) is 4.39 Å². The fourth-order valence-electron chi connectivity index (χ4n) is 4.99. The number of ether oxygens (including phenoxy) is 3. The van der Waals surface area contributed by atoms with Crippen LogP contribution in [0.2, 0.25) is 0 Å². The van der Waals surface area contributed by atoms with E-state index in [9.17, 15) is 12.8 Å². The van der Waals surface area contributed by atoms with Crippen molar-refractivity contribution in [3.8, 4) is 23.0 Å². The lowest BCUT2D eigenvalue weighted by atomic mass is 9.83. The number of halogens is 1. The minimum Gasteiger partial charge on any atom is -0.493 e. The van der Waals surface area contributed by atoms with Gasteiger partial charge < -0.3 is 18.4 Å². The Labute approximate surface area is 204 Å². The van der Waals surface area contributed by atoms with Crippen molar-refractivity contribution in [1.29, 1.82) is 0 Å². The Morgan fingerprint density at radius 2 is 1.63 bits per heavy atom. The number of methoxy groups -OCH3 is 3. The van der Waals surface area contributed by atoms with E-state index in [1.807, 2.05) is 18.2 Å². The molecule has 1 unspecified atom stereocenters. The zero-order valence-corrected chi connectivity index (χ0v) is 20.5. The maximum absolute atomic E-state index is 13.7. The molecule has 9 heteroatoms. The Kier molecular flexibility index (Phi) is 6.06. The zero-order chi connectivity index (χ0) is 24.7. The molecule has 0 bridgehead atoms. The molecular formula is C26H26FNO6S. The molecule has 2 aliphatic rings. The Bertz CT molecular complexity index is 1390. The third-order valence-electron chi connectivity index (χ3n) is 6.70. The summed E-state index contributed by atoms with van der Waals surface area (Å²) in [5.74, 6) is 1.20. The molecule has 0 spiro atoms. The molecule has 5 rings (SSSR count). The Morgan fingerprint density at radius 1 is 0.914 bits per heavy atom. The SMILES string of the molecule is COc1cc2c(cc1OC)CN1CCc3c(ccc(OC)c3OS(=O)(=O)c3cccc(F)c3)C1C2. The largest absolute Gasteiger partial charge is 0.493 e. The van der Waals surface area contributed by atoms with Crippen LogP contribution >= 0.6 is 0 Å². The van der Waals surface area contributed by atoms with Crippen LogP contribution in [0.1, 0.15) is 28.3 Å². The summed E-state index contributed by atoms with van der Waals surface area (Å²) >= 11 is 0. The first-order chi connectivity index (χ1) is 16.8. The van der Waals surface area contributed by atoms with Crippen molar-refractivity contribution in [2.45, 2.75) is 30.3 Å². The summed E-state index contributed by atoms with van der Waals surface area (Å²) in [6.07, 6.45) is 1.31. The molecule has 0 saturated carbocycles. The molecular weight excluding hydrogens is 473 g/mol. The van der Waals surface area contributed by atoms with Crippen LogP contribution in [-0.2, 0) is 29.5 Å². The molecule has 1 atom stereocenters. The Morgan fingerprint density at radius 3 is 2.31 bits per heavy atom. The van der Waals surface area contributed by atoms with Crippen molar-refractivity contribution in [1.82, 2.24) is 4.90 Å². The van der Waals surface area contributed by atoms with E-state index in [-0.39, 0.29) is 16.7 Å². The second kappa shape index (κ2) is 9.05. The summed E-state index contributed by atoms with van der Waals surface area (Å²) in [5.41, 5.74) is 4.11. The van der Waals surface area contributed by atoms with Crippen molar-refractivity contribution >= 4 is 10.1 Å². The summed E-state index contributed by atoms with van der Waals surface area (Å²) in [6.45, 7) is 1.46. The number of fused-ring (bicyclic) bond motifs is 4. The topological polar surface area (TPSA) is 74.3 Å². The first-order valence-corrected chi connectivity index (χ1v) is 12.6. The summed E-state index contributed by atoms with van der Waals surface area (Å²) in [4.78, 5) is 2.12. The van der Waals surface area contributed by atoms with Crippen LogP contribution in [-0.4, -0.2) is 41.2 Å². The van der Waals surface area contributed by atoms with Gasteiger partial charge in [-0.1, -0.05) is 12.1 Å². The molecule has 35 heavy (non-hydrogen) atoms. The van der Waals surface area contributed by atoms with E-state index in [4.69, 9.17) is 18.4 Å². The molecule has 0 radical (unpaired) electrons. The lowest BCUT2D eigenvalue weighted by Crippen LogP contribution is -2.39. The van der Waals surface area contributed by atoms with Gasteiger partial charge in [0.2, 0.25) is 0 Å². The molecule has 0 amide bonds. The van der Waals surface area contributed by atoms with Gasteiger partial charge >= 0.3 is 10.1 Å². The average Bonchev–Trinajstić information content (AvgIpc) is 2.86. The normalized spacial score (nSPS) is 17.1. The summed E-state index contributed by atoms with van der Waals surface area (Å²) in [7, 11) is 0.447. The second-order valence-corrected chi connectivity index (χ2v) is 10.1. The highest BCUT2D eigenvalue weighted by molar-refractivity contribution is 7.87. The van der Waals surface area contributed by atoms with Gasteiger partial charge in [0.05, 0.1) is 21.3 Å². The highest BCUT2D eigenvalue weighted by Gasteiger charge is 2.36. The second-order valence-electron chi connectivity index (χ2n) is 8.58. The smallest absolute Gasteiger partial charge is 0.339 e. The van der Waals surface area contributed by atoms with Gasteiger partial charge in [0.25, 0.3) is 0 Å². The highest BCUT2D eigenvalue weighted by Crippen LogP contribution is 2.46. The first kappa shape index (κ1) is 23.4. The van der Waals surface area contributed by atoms with E-state index in [1.165, 1.54) is 30.9 Å². The molecule has 3 aromatic carbocycles. The lowest BCUT2D eigenvalue weighted by Gasteiger charge is -2.42. The maximum atomic E-state index is 13.7. The Balaban J connectivity index is 1.54. The van der Waals surface area contributed by atoms with Crippen LogP contribution < -0.4 is 18.4 Å². The predicted molar refractivity (Wildman–Crippen MR) is 127 cm³/mol. The van der Waals surface area contributed by atoms with E-state index in [2.05, 4.69) is 4.90 Å². The minimum atomic E-state index is -4.26. The van der Waals surface area contributed by atoms with E-state index < -0.39 is 15.9 Å². The quantitative estimate of drug-likeness (QED) is 0.469. The van der Waals surface area contributed by atoms with Gasteiger partial charge in [-0.15, -0.1) is 0 Å². The molecule has 7 nitrogen and oxygen atoms in total. The molecule has 2 heterocycles. The van der Waals surface area contributed by atoms with Crippen molar-refractivity contribution in [2.24, 2.45) is 0 Å². The number of hydrogen-bond acceptors (Lipinski definition) is 7. The van der Waals surface area contributed by atoms with E-state index in [1.54, 1.807) is 20.3 Å². The van der Waals surface area contributed by atoms with Crippen molar-refractivity contribution in [3.05, 3.63) is 76.6 Å². The van der Waals surface area contributed by atoms with Gasteiger partial charge in [-0.25, -0.2) is 4.39 Å². The number of rotatable bonds is 6. The van der Waals surface area contributed by atoms with Gasteiger partial charge in [0.15, 0.2) is 23.0 Å². The minimum absolute atomic E-state index is 0.0366. The monoisotopic (exact) mass is 499 g/mol. The van der Waals surface area contributed by atoms with Crippen LogP contribution in [0.5, 0.6) is 23.0 Å². The number of benzene rings is 3. The number of hydrogen-bond donors (Lipinski definition) is 0. The van der Waals surface area contributed by atoms with Gasteiger partial charge in [0, 0.05) is 24.7 Å². The van der Waals surface area contributed by atoms with Crippen LogP contribution in [0.3, 0.4) is 0 Å². The van der Waals surface area contributed by atoms with E-state index in [0.29, 0.717) is 23.7 Å². The van der Waals surface area contributed by atoms with Crippen LogP contribution in [0.25, 0.3) is 0 Å². The number of nitrogens with zero attached hydrogens (tertiary/aromatic N) is 1. The van der Waals surface area contributed by atoms with Crippen LogP contribution in [0.15, 0.2) is 53.4 Å². The summed E-state index contributed by atoms with van der Waals surface area (Å²) in [5, 5.41) is 0. The van der Waals surface area contributed by atoms with Crippen molar-refractivity contribution in [3.63, 3.8) is 0 Å². The summed E-state index contributed by atoms with van der Waals surface area (Å²) in [6, 6.07) is 12.5. The van der Waals surface area contributed by atoms with Crippen molar-refractivity contribution < 1.29 is 31.2 Å². The molecule has 0 N–H and O–H groups in total. The van der Waals surface area contributed by atoms with E-state index in [0.717, 1.165) is 42.3 Å². The molecule has 3 aromatic rings. The molecule has 2 aliphatic heterocycles. The lowest BCUT2D eigenvalue weighted by molar-refractivity contribution is 0.159. The van der Waals surface area contributed by atoms with Crippen molar-refractivity contribution in [2.75, 3.05) is 27.9 Å². The maximum Gasteiger partial charge on any atom is 0.339 e. The molecule has 184 valence electrons. The van der Waals surface area contributed by atoms with Gasteiger partial charge in [0.1, 0.15) is 10.7 Å². The average molecular weight is 500 g/mol. The third-order valence-corrected chi connectivity index (χ3v) is 7.92. The molecule has 0 aromatic heterocycles. The molecule has 0 aliphatic carbocycles. The van der Waals surface area contributed by atoms with E-state index >= 15 is 0 Å². The predicted octanol–water partition coefficient (Wildman–Crippen LogP) is 4.27.